The minimum Gasteiger partial charge on any atom is -0.329 e. The van der Waals surface area contributed by atoms with Crippen LogP contribution in [0, 0.1) is 0 Å². The fourth-order valence-electron chi connectivity index (χ4n) is 4.15. The number of halogens is 1. The molecule has 0 aliphatic carbocycles. The van der Waals surface area contributed by atoms with Gasteiger partial charge in [0.15, 0.2) is 5.82 Å². The van der Waals surface area contributed by atoms with Gasteiger partial charge in [0.2, 0.25) is 0 Å². The largest absolute Gasteiger partial charge is 0.439 e. The van der Waals surface area contributed by atoms with E-state index < -0.39 is 5.76 Å². The second-order valence-corrected chi connectivity index (χ2v) is 9.20. The predicted octanol–water partition coefficient (Wildman–Crippen LogP) is 3.23. The fourth-order valence-corrected chi connectivity index (χ4v) is 5.23. The van der Waals surface area contributed by atoms with E-state index in [-0.39, 0.29) is 36.7 Å². The van der Waals surface area contributed by atoms with Crippen molar-refractivity contribution < 1.29 is 4.52 Å². The summed E-state index contributed by atoms with van der Waals surface area (Å²) in [7, 11) is 0. The molecule has 0 aliphatic heterocycles. The number of hydrogen-bond donors (Lipinski definition) is 2. The summed E-state index contributed by atoms with van der Waals surface area (Å²) in [5.74, 6) is -0.257. The molecule has 3 heterocycles. The molecule has 0 saturated heterocycles. The van der Waals surface area contributed by atoms with Crippen LogP contribution in [-0.4, -0.2) is 25.8 Å². The number of aryl methyl sites for hydroxylation is 1. The van der Waals surface area contributed by atoms with Gasteiger partial charge in [-0.2, -0.15) is 0 Å². The number of aromatic amines is 1. The molecule has 5 aromatic rings. The lowest BCUT2D eigenvalue weighted by Gasteiger charge is -2.12. The molecule has 2 aromatic carbocycles. The van der Waals surface area contributed by atoms with Crippen LogP contribution in [0.3, 0.4) is 0 Å². The summed E-state index contributed by atoms with van der Waals surface area (Å²) in [5.41, 5.74) is 8.47. The summed E-state index contributed by atoms with van der Waals surface area (Å²) in [5, 5.41) is 4.36. The van der Waals surface area contributed by atoms with Gasteiger partial charge < -0.3 is 5.73 Å². The van der Waals surface area contributed by atoms with Crippen molar-refractivity contribution in [1.82, 2.24) is 19.3 Å². The van der Waals surface area contributed by atoms with Crippen molar-refractivity contribution in [2.75, 3.05) is 6.54 Å². The van der Waals surface area contributed by atoms with Gasteiger partial charge in [0.05, 0.1) is 11.9 Å². The van der Waals surface area contributed by atoms with Crippen LogP contribution in [0.4, 0.5) is 0 Å². The van der Waals surface area contributed by atoms with Gasteiger partial charge in [-0.3, -0.25) is 23.4 Å². The van der Waals surface area contributed by atoms with E-state index in [9.17, 15) is 14.4 Å². The van der Waals surface area contributed by atoms with Crippen LogP contribution in [0.15, 0.2) is 73.5 Å². The maximum Gasteiger partial charge on any atom is 0.439 e. The van der Waals surface area contributed by atoms with Crippen molar-refractivity contribution in [2.24, 2.45) is 5.73 Å². The summed E-state index contributed by atoms with van der Waals surface area (Å²) in [6.07, 6.45) is 0.786. The van der Waals surface area contributed by atoms with Crippen LogP contribution in [0.5, 0.6) is 0 Å². The molecule has 11 heteroatoms. The molecular weight excluding hydrogens is 502 g/mol. The van der Waals surface area contributed by atoms with E-state index in [0.717, 1.165) is 33.6 Å². The Morgan fingerprint density at radius 3 is 2.39 bits per heavy atom. The highest BCUT2D eigenvalue weighted by Gasteiger charge is 2.17. The van der Waals surface area contributed by atoms with Gasteiger partial charge in [0.1, 0.15) is 4.83 Å². The molecule has 0 atom stereocenters. The van der Waals surface area contributed by atoms with Crippen LogP contribution < -0.4 is 22.7 Å². The number of nitrogens with one attached hydrogen (secondary N) is 1. The third kappa shape index (κ3) is 4.58. The van der Waals surface area contributed by atoms with Crippen molar-refractivity contribution in [3.63, 3.8) is 0 Å². The van der Waals surface area contributed by atoms with Gasteiger partial charge in [0.25, 0.3) is 5.56 Å². The van der Waals surface area contributed by atoms with Crippen molar-refractivity contribution >= 4 is 34.0 Å². The van der Waals surface area contributed by atoms with Crippen LogP contribution in [0.1, 0.15) is 17.4 Å². The van der Waals surface area contributed by atoms with Gasteiger partial charge >= 0.3 is 11.4 Å². The molecule has 0 amide bonds. The average molecular weight is 526 g/mol. The van der Waals surface area contributed by atoms with Crippen molar-refractivity contribution in [3.8, 4) is 22.5 Å². The molecule has 0 saturated carbocycles. The summed E-state index contributed by atoms with van der Waals surface area (Å²) in [4.78, 5) is 41.8. The molecule has 0 spiro atoms. The smallest absolute Gasteiger partial charge is 0.329 e. The highest BCUT2D eigenvalue weighted by atomic mass is 35.5. The molecule has 186 valence electrons. The highest BCUT2D eigenvalue weighted by Crippen LogP contribution is 2.30. The monoisotopic (exact) mass is 525 g/mol. The Morgan fingerprint density at radius 1 is 1.03 bits per heavy atom. The maximum absolute atomic E-state index is 13.2. The topological polar surface area (TPSA) is 129 Å². The molecule has 5 rings (SSSR count). The minimum atomic E-state index is -0.613. The zero-order valence-corrected chi connectivity index (χ0v) is 21.0. The Morgan fingerprint density at radius 2 is 1.75 bits per heavy atom. The number of fused-ring (bicyclic) bond motifs is 1. The third-order valence-electron chi connectivity index (χ3n) is 5.88. The Bertz CT molecular complexity index is 1690. The first kappa shape index (κ1) is 25.4. The van der Waals surface area contributed by atoms with Crippen molar-refractivity contribution in [2.45, 2.75) is 26.4 Å². The highest BCUT2D eigenvalue weighted by molar-refractivity contribution is 7.18. The third-order valence-corrected chi connectivity index (χ3v) is 7.18. The molecule has 0 bridgehead atoms. The zero-order chi connectivity index (χ0) is 24.5. The number of nitrogens with two attached hydrogens (primary N) is 1. The molecule has 0 radical (unpaired) electrons. The Kier molecular flexibility index (Phi) is 7.39. The number of thiophene rings is 1. The van der Waals surface area contributed by atoms with Crippen LogP contribution in [0.25, 0.3) is 32.7 Å². The second-order valence-electron chi connectivity index (χ2n) is 8.09. The van der Waals surface area contributed by atoms with E-state index in [2.05, 4.69) is 14.7 Å². The van der Waals surface area contributed by atoms with Crippen molar-refractivity contribution in [3.05, 3.63) is 96.4 Å². The number of aromatic nitrogens is 4. The average Bonchev–Trinajstić information content (AvgIpc) is 3.51. The van der Waals surface area contributed by atoms with Crippen molar-refractivity contribution in [1.29, 1.82) is 0 Å². The fraction of sp³-hybridized carbons (Fsp3) is 0.200. The van der Waals surface area contributed by atoms with Gasteiger partial charge in [0, 0.05) is 23.5 Å². The number of rotatable bonds is 7. The molecule has 9 nitrogen and oxygen atoms in total. The first-order chi connectivity index (χ1) is 17.0. The van der Waals surface area contributed by atoms with Gasteiger partial charge in [-0.05, 0) is 29.2 Å². The Hall–Kier alpha value is -3.73. The first-order valence-electron chi connectivity index (χ1n) is 11.2. The lowest BCUT2D eigenvalue weighted by Crippen LogP contribution is -2.41. The second kappa shape index (κ2) is 10.5. The molecule has 0 fully saturated rings. The Labute approximate surface area is 215 Å². The normalized spacial score (nSPS) is 11.1. The lowest BCUT2D eigenvalue weighted by molar-refractivity contribution is 0.388. The van der Waals surface area contributed by atoms with E-state index in [1.807, 2.05) is 61.5 Å². The quantitative estimate of drug-likeness (QED) is 0.335. The summed E-state index contributed by atoms with van der Waals surface area (Å²) in [6.45, 7) is 2.72. The molecule has 3 N–H and O–H groups in total. The summed E-state index contributed by atoms with van der Waals surface area (Å²) < 4.78 is 7.53. The molecule has 0 aliphatic rings. The number of H-pyrrole nitrogens is 1. The molecule has 36 heavy (non-hydrogen) atoms. The summed E-state index contributed by atoms with van der Waals surface area (Å²) in [6, 6.07) is 17.2. The molecule has 3 aromatic heterocycles. The van der Waals surface area contributed by atoms with Crippen LogP contribution in [-0.2, 0) is 19.5 Å². The van der Waals surface area contributed by atoms with Crippen LogP contribution >= 0.6 is 23.7 Å². The number of nitrogens with zero attached hydrogens (tertiary/aromatic N) is 3. The molecule has 0 unspecified atom stereocenters. The van der Waals surface area contributed by atoms with Gasteiger partial charge in [-0.1, -0.05) is 60.6 Å². The Balaban J connectivity index is 0.00000304. The van der Waals surface area contributed by atoms with Gasteiger partial charge in [-0.15, -0.1) is 23.7 Å². The minimum absolute atomic E-state index is 0. The molecular formula is C25H24ClN5O4S. The van der Waals surface area contributed by atoms with E-state index in [0.29, 0.717) is 22.6 Å². The number of hydrogen-bond acceptors (Lipinski definition) is 7. The van der Waals surface area contributed by atoms with E-state index >= 15 is 0 Å². The maximum atomic E-state index is 13.2. The predicted molar refractivity (Wildman–Crippen MR) is 143 cm³/mol. The van der Waals surface area contributed by atoms with E-state index in [1.54, 1.807) is 4.57 Å². The number of benzene rings is 2. The SMILES string of the molecule is CCc1cc2c(=O)n(CCN)c(=O)n(Cc3ccc(-c4ccccc4-c4noc(=O)[nH]4)cc3)c2s1.Cl. The van der Waals surface area contributed by atoms with E-state index in [4.69, 9.17) is 5.73 Å². The lowest BCUT2D eigenvalue weighted by atomic mass is 9.98. The zero-order valence-electron chi connectivity index (χ0n) is 19.4. The summed E-state index contributed by atoms with van der Waals surface area (Å²) >= 11 is 1.47. The van der Waals surface area contributed by atoms with Gasteiger partial charge in [-0.25, -0.2) is 9.59 Å². The van der Waals surface area contributed by atoms with Crippen LogP contribution in [0.2, 0.25) is 0 Å². The first-order valence-corrected chi connectivity index (χ1v) is 12.0. The standard InChI is InChI=1S/C25H23N5O4S.ClH/c1-2-17-13-20-22(31)29(12-11-26)25(33)30(23(20)35-17)14-15-7-9-16(10-8-15)18-5-3-4-6-19(18)21-27-24(32)34-28-21;/h3-10,13H,2,11-12,14,26H2,1H3,(H,27,28,32);1H. The van der Waals surface area contributed by atoms with E-state index in [1.165, 1.54) is 15.9 Å².